The van der Waals surface area contributed by atoms with Crippen molar-refractivity contribution in [2.45, 2.75) is 38.3 Å². The third-order valence-corrected chi connectivity index (χ3v) is 4.61. The number of likely N-dealkylation sites (tertiary alicyclic amines) is 1. The van der Waals surface area contributed by atoms with Crippen molar-refractivity contribution in [3.8, 4) is 0 Å². The molecule has 23 heavy (non-hydrogen) atoms. The van der Waals surface area contributed by atoms with Crippen LogP contribution in [0.15, 0.2) is 36.7 Å². The smallest absolute Gasteiger partial charge is 0.148 e. The molecule has 0 unspecified atom stereocenters. The van der Waals surface area contributed by atoms with Crippen LogP contribution in [0.2, 0.25) is 0 Å². The Balaban J connectivity index is 1.71. The van der Waals surface area contributed by atoms with Crippen molar-refractivity contribution in [2.75, 3.05) is 18.9 Å². The monoisotopic (exact) mass is 314 g/mol. The molecular formula is C18H23FN4. The van der Waals surface area contributed by atoms with Gasteiger partial charge in [-0.05, 0) is 44.5 Å². The molecule has 1 N–H and O–H groups in total. The SMILES string of the molecule is C[C@@H]1C[C@H](Nc2nccnc2Cc2ccc(F)cc2)CCN1C. The molecule has 0 amide bonds. The van der Waals surface area contributed by atoms with Crippen molar-refractivity contribution >= 4 is 5.82 Å². The highest BCUT2D eigenvalue weighted by Crippen LogP contribution is 2.21. The van der Waals surface area contributed by atoms with Crippen LogP contribution in [0.1, 0.15) is 31.0 Å². The van der Waals surface area contributed by atoms with E-state index < -0.39 is 0 Å². The molecule has 2 heterocycles. The second-order valence-corrected chi connectivity index (χ2v) is 6.35. The Morgan fingerprint density at radius 1 is 1.22 bits per heavy atom. The number of aromatic nitrogens is 2. The number of nitrogens with one attached hydrogen (secondary N) is 1. The van der Waals surface area contributed by atoms with E-state index in [9.17, 15) is 4.39 Å². The Bertz CT molecular complexity index is 644. The number of benzene rings is 1. The first kappa shape index (κ1) is 15.9. The topological polar surface area (TPSA) is 41.1 Å². The number of hydrogen-bond donors (Lipinski definition) is 1. The number of halogens is 1. The quantitative estimate of drug-likeness (QED) is 0.941. The van der Waals surface area contributed by atoms with Gasteiger partial charge in [-0.3, -0.25) is 4.98 Å². The molecule has 1 fully saturated rings. The van der Waals surface area contributed by atoms with Gasteiger partial charge >= 0.3 is 0 Å². The maximum absolute atomic E-state index is 13.0. The molecule has 3 rings (SSSR count). The van der Waals surface area contributed by atoms with Crippen LogP contribution in [0.25, 0.3) is 0 Å². The molecule has 1 aromatic carbocycles. The maximum atomic E-state index is 13.0. The number of rotatable bonds is 4. The summed E-state index contributed by atoms with van der Waals surface area (Å²) in [7, 11) is 2.17. The van der Waals surface area contributed by atoms with Crippen molar-refractivity contribution in [2.24, 2.45) is 0 Å². The molecule has 0 saturated carbocycles. The Morgan fingerprint density at radius 2 is 1.96 bits per heavy atom. The third kappa shape index (κ3) is 4.05. The molecule has 2 aromatic rings. The fourth-order valence-electron chi connectivity index (χ4n) is 3.03. The maximum Gasteiger partial charge on any atom is 0.148 e. The van der Waals surface area contributed by atoms with Crippen LogP contribution in [0.3, 0.4) is 0 Å². The highest BCUT2D eigenvalue weighted by atomic mass is 19.1. The molecule has 5 heteroatoms. The van der Waals surface area contributed by atoms with E-state index in [1.54, 1.807) is 24.5 Å². The van der Waals surface area contributed by atoms with Crippen molar-refractivity contribution in [3.63, 3.8) is 0 Å². The van der Waals surface area contributed by atoms with Gasteiger partial charge in [0.05, 0.1) is 5.69 Å². The van der Waals surface area contributed by atoms with Gasteiger partial charge in [0.2, 0.25) is 0 Å². The average molecular weight is 314 g/mol. The van der Waals surface area contributed by atoms with Crippen molar-refractivity contribution in [3.05, 3.63) is 53.7 Å². The van der Waals surface area contributed by atoms with E-state index in [1.165, 1.54) is 12.1 Å². The van der Waals surface area contributed by atoms with Crippen molar-refractivity contribution < 1.29 is 4.39 Å². The summed E-state index contributed by atoms with van der Waals surface area (Å²) >= 11 is 0. The van der Waals surface area contributed by atoms with Gasteiger partial charge in [-0.25, -0.2) is 9.37 Å². The standard InChI is InChI=1S/C18H23FN4/c1-13-11-16(7-10-23(13)2)22-18-17(20-8-9-21-18)12-14-3-5-15(19)6-4-14/h3-6,8-9,13,16H,7,10-12H2,1-2H3,(H,21,22)/t13-,16-/m1/s1. The minimum Gasteiger partial charge on any atom is -0.366 e. The molecular weight excluding hydrogens is 291 g/mol. The molecule has 0 spiro atoms. The molecule has 2 atom stereocenters. The summed E-state index contributed by atoms with van der Waals surface area (Å²) in [6, 6.07) is 7.55. The van der Waals surface area contributed by atoms with E-state index in [0.29, 0.717) is 18.5 Å². The fraction of sp³-hybridized carbons (Fsp3) is 0.444. The number of piperidine rings is 1. The highest BCUT2D eigenvalue weighted by Gasteiger charge is 2.23. The summed E-state index contributed by atoms with van der Waals surface area (Å²) in [6.45, 7) is 3.34. The Labute approximate surface area is 136 Å². The second kappa shape index (κ2) is 7.04. The molecule has 0 bridgehead atoms. The number of nitrogens with zero attached hydrogens (tertiary/aromatic N) is 3. The number of anilines is 1. The van der Waals surface area contributed by atoms with Crippen LogP contribution >= 0.6 is 0 Å². The summed E-state index contributed by atoms with van der Waals surface area (Å²) in [5, 5.41) is 3.56. The summed E-state index contributed by atoms with van der Waals surface area (Å²) in [4.78, 5) is 11.3. The van der Waals surface area contributed by atoms with Crippen LogP contribution in [0.5, 0.6) is 0 Å². The Morgan fingerprint density at radius 3 is 2.70 bits per heavy atom. The van der Waals surface area contributed by atoms with Gasteiger partial charge in [-0.1, -0.05) is 12.1 Å². The Hall–Kier alpha value is -2.01. The van der Waals surface area contributed by atoms with E-state index in [-0.39, 0.29) is 5.82 Å². The largest absolute Gasteiger partial charge is 0.366 e. The van der Waals surface area contributed by atoms with Crippen LogP contribution in [-0.2, 0) is 6.42 Å². The van der Waals surface area contributed by atoms with E-state index in [2.05, 4.69) is 34.2 Å². The lowest BCUT2D eigenvalue weighted by atomic mass is 9.99. The Kier molecular flexibility index (Phi) is 4.86. The molecule has 1 aliphatic heterocycles. The van der Waals surface area contributed by atoms with Crippen LogP contribution in [0.4, 0.5) is 10.2 Å². The van der Waals surface area contributed by atoms with Gasteiger partial charge in [-0.15, -0.1) is 0 Å². The third-order valence-electron chi connectivity index (χ3n) is 4.61. The van der Waals surface area contributed by atoms with Crippen LogP contribution < -0.4 is 5.32 Å². The first-order chi connectivity index (χ1) is 11.1. The van der Waals surface area contributed by atoms with Crippen molar-refractivity contribution in [1.82, 2.24) is 14.9 Å². The summed E-state index contributed by atoms with van der Waals surface area (Å²) < 4.78 is 13.0. The van der Waals surface area contributed by atoms with Gasteiger partial charge in [-0.2, -0.15) is 0 Å². The second-order valence-electron chi connectivity index (χ2n) is 6.35. The predicted octanol–water partition coefficient (Wildman–Crippen LogP) is 3.10. The lowest BCUT2D eigenvalue weighted by Crippen LogP contribution is -2.42. The minimum absolute atomic E-state index is 0.216. The first-order valence-electron chi connectivity index (χ1n) is 8.13. The normalized spacial score (nSPS) is 22.0. The fourth-order valence-corrected chi connectivity index (χ4v) is 3.03. The molecule has 1 saturated heterocycles. The van der Waals surface area contributed by atoms with Crippen molar-refractivity contribution in [1.29, 1.82) is 0 Å². The first-order valence-corrected chi connectivity index (χ1v) is 8.13. The van der Waals surface area contributed by atoms with Gasteiger partial charge in [0.25, 0.3) is 0 Å². The van der Waals surface area contributed by atoms with Gasteiger partial charge in [0.15, 0.2) is 0 Å². The van der Waals surface area contributed by atoms with Crippen LogP contribution in [-0.4, -0.2) is 40.5 Å². The average Bonchev–Trinajstić information content (AvgIpc) is 2.55. The zero-order valence-electron chi connectivity index (χ0n) is 13.7. The lowest BCUT2D eigenvalue weighted by Gasteiger charge is -2.35. The summed E-state index contributed by atoms with van der Waals surface area (Å²) in [5.41, 5.74) is 1.94. The molecule has 122 valence electrons. The zero-order chi connectivity index (χ0) is 16.2. The van der Waals surface area contributed by atoms with Gasteiger partial charge in [0.1, 0.15) is 11.6 Å². The zero-order valence-corrected chi connectivity index (χ0v) is 13.7. The van der Waals surface area contributed by atoms with Gasteiger partial charge < -0.3 is 10.2 Å². The predicted molar refractivity (Wildman–Crippen MR) is 90.0 cm³/mol. The molecule has 0 aliphatic carbocycles. The summed E-state index contributed by atoms with van der Waals surface area (Å²) in [6.07, 6.45) is 6.28. The van der Waals surface area contributed by atoms with E-state index in [1.807, 2.05) is 0 Å². The van der Waals surface area contributed by atoms with Crippen LogP contribution in [0, 0.1) is 5.82 Å². The van der Waals surface area contributed by atoms with E-state index in [4.69, 9.17) is 0 Å². The lowest BCUT2D eigenvalue weighted by molar-refractivity contribution is 0.190. The summed E-state index contributed by atoms with van der Waals surface area (Å²) in [5.74, 6) is 0.630. The van der Waals surface area contributed by atoms with E-state index >= 15 is 0 Å². The molecule has 0 radical (unpaired) electrons. The number of hydrogen-bond acceptors (Lipinski definition) is 4. The highest BCUT2D eigenvalue weighted by molar-refractivity contribution is 5.43. The minimum atomic E-state index is -0.216. The molecule has 1 aliphatic rings. The van der Waals surface area contributed by atoms with E-state index in [0.717, 1.165) is 36.5 Å². The van der Waals surface area contributed by atoms with Gasteiger partial charge in [0, 0.05) is 37.4 Å². The molecule has 1 aromatic heterocycles. The molecule has 4 nitrogen and oxygen atoms in total.